The highest BCUT2D eigenvalue weighted by Crippen LogP contribution is 2.11. The van der Waals surface area contributed by atoms with Crippen molar-refractivity contribution in [1.29, 1.82) is 0 Å². The number of carbonyl (C=O) groups excluding carboxylic acids is 1. The standard InChI is InChI=1S/C13H19N3O3/c1-10(2)13(17)15-8-7-14-9-11-3-5-12(6-4-11)16(18)19/h3-6,10,14H,7-9H2,1-2H3,(H,15,17). The largest absolute Gasteiger partial charge is 0.355 e. The van der Waals surface area contributed by atoms with E-state index in [1.54, 1.807) is 12.1 Å². The molecule has 104 valence electrons. The summed E-state index contributed by atoms with van der Waals surface area (Å²) in [5.74, 6) is 0.0341. The number of nitro benzene ring substituents is 1. The Balaban J connectivity index is 2.22. The summed E-state index contributed by atoms with van der Waals surface area (Å²) in [5, 5.41) is 16.4. The predicted molar refractivity (Wildman–Crippen MR) is 72.7 cm³/mol. The van der Waals surface area contributed by atoms with E-state index in [0.717, 1.165) is 5.56 Å². The van der Waals surface area contributed by atoms with Crippen LogP contribution < -0.4 is 10.6 Å². The summed E-state index contributed by atoms with van der Waals surface area (Å²) >= 11 is 0. The smallest absolute Gasteiger partial charge is 0.269 e. The predicted octanol–water partition coefficient (Wildman–Crippen LogP) is 1.46. The zero-order chi connectivity index (χ0) is 14.3. The van der Waals surface area contributed by atoms with Gasteiger partial charge in [0.15, 0.2) is 0 Å². The van der Waals surface area contributed by atoms with Gasteiger partial charge in [0.05, 0.1) is 4.92 Å². The molecule has 0 atom stereocenters. The van der Waals surface area contributed by atoms with Crippen LogP contribution in [0.2, 0.25) is 0 Å². The summed E-state index contributed by atoms with van der Waals surface area (Å²) in [5.41, 5.74) is 1.06. The summed E-state index contributed by atoms with van der Waals surface area (Å²) in [6.45, 7) is 5.55. The van der Waals surface area contributed by atoms with Gasteiger partial charge in [-0.15, -0.1) is 0 Å². The zero-order valence-electron chi connectivity index (χ0n) is 11.2. The fourth-order valence-electron chi connectivity index (χ4n) is 1.45. The number of nitrogens with zero attached hydrogens (tertiary/aromatic N) is 1. The third-order valence-corrected chi connectivity index (χ3v) is 2.60. The minimum atomic E-state index is -0.418. The minimum Gasteiger partial charge on any atom is -0.355 e. The van der Waals surface area contributed by atoms with Crippen molar-refractivity contribution >= 4 is 11.6 Å². The lowest BCUT2D eigenvalue weighted by atomic mass is 10.2. The van der Waals surface area contributed by atoms with Gasteiger partial charge in [-0.05, 0) is 5.56 Å². The van der Waals surface area contributed by atoms with Gasteiger partial charge < -0.3 is 10.6 Å². The van der Waals surface area contributed by atoms with Crippen LogP contribution in [0.3, 0.4) is 0 Å². The maximum absolute atomic E-state index is 11.3. The van der Waals surface area contributed by atoms with Gasteiger partial charge in [0.1, 0.15) is 0 Å². The van der Waals surface area contributed by atoms with Gasteiger partial charge in [0, 0.05) is 37.7 Å². The zero-order valence-corrected chi connectivity index (χ0v) is 11.2. The molecule has 0 aliphatic heterocycles. The van der Waals surface area contributed by atoms with E-state index in [2.05, 4.69) is 10.6 Å². The van der Waals surface area contributed by atoms with Gasteiger partial charge >= 0.3 is 0 Å². The number of rotatable bonds is 7. The van der Waals surface area contributed by atoms with E-state index < -0.39 is 4.92 Å². The molecule has 6 heteroatoms. The Hall–Kier alpha value is -1.95. The molecule has 1 aromatic carbocycles. The van der Waals surface area contributed by atoms with E-state index in [4.69, 9.17) is 0 Å². The molecule has 0 radical (unpaired) electrons. The number of benzene rings is 1. The molecule has 6 nitrogen and oxygen atoms in total. The molecule has 0 saturated heterocycles. The van der Waals surface area contributed by atoms with Gasteiger partial charge in [-0.1, -0.05) is 26.0 Å². The lowest BCUT2D eigenvalue weighted by Gasteiger charge is -2.08. The summed E-state index contributed by atoms with van der Waals surface area (Å²) in [6, 6.07) is 6.41. The summed E-state index contributed by atoms with van der Waals surface area (Å²) in [7, 11) is 0. The van der Waals surface area contributed by atoms with Crippen LogP contribution in [0.5, 0.6) is 0 Å². The van der Waals surface area contributed by atoms with E-state index in [1.165, 1.54) is 12.1 Å². The molecule has 0 unspecified atom stereocenters. The van der Waals surface area contributed by atoms with Gasteiger partial charge in [-0.2, -0.15) is 0 Å². The molecule has 0 saturated carbocycles. The fraction of sp³-hybridized carbons (Fsp3) is 0.462. The molecule has 0 fully saturated rings. The number of amides is 1. The minimum absolute atomic E-state index is 0.00493. The Morgan fingerprint density at radius 3 is 2.42 bits per heavy atom. The second-order valence-electron chi connectivity index (χ2n) is 4.55. The van der Waals surface area contributed by atoms with Gasteiger partial charge in [0.25, 0.3) is 5.69 Å². The summed E-state index contributed by atoms with van der Waals surface area (Å²) in [4.78, 5) is 21.3. The Morgan fingerprint density at radius 1 is 1.26 bits per heavy atom. The molecule has 19 heavy (non-hydrogen) atoms. The van der Waals surface area contributed by atoms with Crippen LogP contribution in [0.15, 0.2) is 24.3 Å². The third kappa shape index (κ3) is 5.48. The molecule has 1 amide bonds. The van der Waals surface area contributed by atoms with Crippen molar-refractivity contribution in [3.63, 3.8) is 0 Å². The van der Waals surface area contributed by atoms with Crippen molar-refractivity contribution in [2.45, 2.75) is 20.4 Å². The van der Waals surface area contributed by atoms with Crippen LogP contribution in [0.1, 0.15) is 19.4 Å². The van der Waals surface area contributed by atoms with Crippen molar-refractivity contribution in [3.05, 3.63) is 39.9 Å². The average molecular weight is 265 g/mol. The van der Waals surface area contributed by atoms with Gasteiger partial charge in [-0.25, -0.2) is 0 Å². The lowest BCUT2D eigenvalue weighted by molar-refractivity contribution is -0.384. The van der Waals surface area contributed by atoms with Crippen LogP contribution in [0.25, 0.3) is 0 Å². The first-order chi connectivity index (χ1) is 9.00. The molecule has 1 aromatic rings. The number of nitro groups is 1. The number of carbonyl (C=O) groups is 1. The highest BCUT2D eigenvalue weighted by Gasteiger charge is 2.05. The van der Waals surface area contributed by atoms with E-state index in [9.17, 15) is 14.9 Å². The van der Waals surface area contributed by atoms with E-state index in [0.29, 0.717) is 19.6 Å². The van der Waals surface area contributed by atoms with Crippen LogP contribution >= 0.6 is 0 Å². The van der Waals surface area contributed by atoms with E-state index in [-0.39, 0.29) is 17.5 Å². The van der Waals surface area contributed by atoms with E-state index >= 15 is 0 Å². The number of hydrogen-bond donors (Lipinski definition) is 2. The first kappa shape index (κ1) is 15.1. The second kappa shape index (κ2) is 7.48. The first-order valence-corrected chi connectivity index (χ1v) is 6.22. The van der Waals surface area contributed by atoms with Crippen LogP contribution in [0, 0.1) is 16.0 Å². The molecule has 0 aromatic heterocycles. The van der Waals surface area contributed by atoms with Crippen molar-refractivity contribution in [2.24, 2.45) is 5.92 Å². The van der Waals surface area contributed by atoms with Crippen molar-refractivity contribution in [3.8, 4) is 0 Å². The van der Waals surface area contributed by atoms with Gasteiger partial charge in [0.2, 0.25) is 5.91 Å². The SMILES string of the molecule is CC(C)C(=O)NCCNCc1ccc([N+](=O)[O-])cc1. The fourth-order valence-corrected chi connectivity index (χ4v) is 1.45. The molecule has 0 spiro atoms. The maximum Gasteiger partial charge on any atom is 0.269 e. The molecule has 1 rings (SSSR count). The summed E-state index contributed by atoms with van der Waals surface area (Å²) in [6.07, 6.45) is 0. The van der Waals surface area contributed by atoms with Crippen LogP contribution in [-0.2, 0) is 11.3 Å². The van der Waals surface area contributed by atoms with Crippen molar-refractivity contribution in [1.82, 2.24) is 10.6 Å². The number of nitrogens with one attached hydrogen (secondary N) is 2. The number of non-ortho nitro benzene ring substituents is 1. The van der Waals surface area contributed by atoms with E-state index in [1.807, 2.05) is 13.8 Å². The molecule has 0 aliphatic carbocycles. The lowest BCUT2D eigenvalue weighted by Crippen LogP contribution is -2.34. The number of hydrogen-bond acceptors (Lipinski definition) is 4. The maximum atomic E-state index is 11.3. The Labute approximate surface area is 112 Å². The quantitative estimate of drug-likeness (QED) is 0.444. The topological polar surface area (TPSA) is 84.3 Å². The molecule has 0 bridgehead atoms. The molecule has 2 N–H and O–H groups in total. The highest BCUT2D eigenvalue weighted by atomic mass is 16.6. The van der Waals surface area contributed by atoms with Gasteiger partial charge in [-0.3, -0.25) is 14.9 Å². The normalized spacial score (nSPS) is 10.5. The van der Waals surface area contributed by atoms with Crippen molar-refractivity contribution in [2.75, 3.05) is 13.1 Å². The first-order valence-electron chi connectivity index (χ1n) is 6.22. The average Bonchev–Trinajstić information content (AvgIpc) is 2.38. The molecule has 0 heterocycles. The Morgan fingerprint density at radius 2 is 1.89 bits per heavy atom. The molecular weight excluding hydrogens is 246 g/mol. The highest BCUT2D eigenvalue weighted by molar-refractivity contribution is 5.77. The Bertz CT molecular complexity index is 429. The van der Waals surface area contributed by atoms with Crippen LogP contribution in [-0.4, -0.2) is 23.9 Å². The third-order valence-electron chi connectivity index (χ3n) is 2.60. The second-order valence-corrected chi connectivity index (χ2v) is 4.55. The van der Waals surface area contributed by atoms with Crippen molar-refractivity contribution < 1.29 is 9.72 Å². The molecule has 0 aliphatic rings. The Kier molecular flexibility index (Phi) is 5.95. The molecular formula is C13H19N3O3. The summed E-state index contributed by atoms with van der Waals surface area (Å²) < 4.78 is 0. The van der Waals surface area contributed by atoms with Crippen LogP contribution in [0.4, 0.5) is 5.69 Å². The monoisotopic (exact) mass is 265 g/mol.